The van der Waals surface area contributed by atoms with Crippen molar-refractivity contribution >= 4 is 17.6 Å². The summed E-state index contributed by atoms with van der Waals surface area (Å²) >= 11 is 0. The first-order chi connectivity index (χ1) is 13.5. The Hall–Kier alpha value is -3.08. The zero-order valence-electron chi connectivity index (χ0n) is 15.1. The minimum absolute atomic E-state index is 0.00849. The number of anilines is 1. The number of methoxy groups -OCH3 is 1. The zero-order valence-corrected chi connectivity index (χ0v) is 15.1. The van der Waals surface area contributed by atoms with Crippen LogP contribution in [0.1, 0.15) is 30.6 Å². The molecule has 0 saturated carbocycles. The third kappa shape index (κ3) is 4.60. The smallest absolute Gasteiger partial charge is 0.319 e. The highest BCUT2D eigenvalue weighted by molar-refractivity contribution is 5.89. The molecule has 28 heavy (non-hydrogen) atoms. The van der Waals surface area contributed by atoms with Gasteiger partial charge in [-0.3, -0.25) is 4.79 Å². The molecule has 2 heterocycles. The molecule has 1 saturated heterocycles. The van der Waals surface area contributed by atoms with E-state index < -0.39 is 17.7 Å². The maximum atomic E-state index is 13.2. The Balaban J connectivity index is 1.54. The topological polar surface area (TPSA) is 110 Å². The van der Waals surface area contributed by atoms with Gasteiger partial charge in [-0.05, 0) is 18.6 Å². The lowest BCUT2D eigenvalue weighted by Gasteiger charge is -2.21. The fourth-order valence-electron chi connectivity index (χ4n) is 2.84. The second-order valence-corrected chi connectivity index (χ2v) is 6.12. The van der Waals surface area contributed by atoms with E-state index in [0.29, 0.717) is 31.9 Å². The average molecular weight is 395 g/mol. The number of ether oxygens (including phenoxy) is 1. The molecule has 1 atom stereocenters. The number of hydrogen-bond donors (Lipinski definition) is 2. The Morgan fingerprint density at radius 1 is 1.39 bits per heavy atom. The van der Waals surface area contributed by atoms with Crippen molar-refractivity contribution in [3.8, 4) is 0 Å². The molecule has 2 aromatic rings. The van der Waals surface area contributed by atoms with Gasteiger partial charge >= 0.3 is 6.03 Å². The molecule has 11 heteroatoms. The number of carbonyl (C=O) groups excluding carboxylic acids is 2. The molecular formula is C17H19F2N5O4. The van der Waals surface area contributed by atoms with E-state index in [1.54, 1.807) is 12.0 Å². The maximum Gasteiger partial charge on any atom is 0.319 e. The molecule has 1 aliphatic rings. The molecule has 1 aromatic carbocycles. The summed E-state index contributed by atoms with van der Waals surface area (Å²) in [5.41, 5.74) is 0.100. The molecule has 1 fully saturated rings. The second-order valence-electron chi connectivity index (χ2n) is 6.12. The molecule has 0 unspecified atom stereocenters. The average Bonchev–Trinajstić information content (AvgIpc) is 3.28. The first-order valence-electron chi connectivity index (χ1n) is 8.58. The van der Waals surface area contributed by atoms with E-state index in [9.17, 15) is 18.4 Å². The lowest BCUT2D eigenvalue weighted by Crippen LogP contribution is -2.31. The van der Waals surface area contributed by atoms with Crippen LogP contribution in [0, 0.1) is 11.6 Å². The Morgan fingerprint density at radius 3 is 2.96 bits per heavy atom. The van der Waals surface area contributed by atoms with Crippen LogP contribution in [0.4, 0.5) is 19.3 Å². The number of carbonyl (C=O) groups is 2. The van der Waals surface area contributed by atoms with Gasteiger partial charge < -0.3 is 24.8 Å². The lowest BCUT2D eigenvalue weighted by molar-refractivity contribution is -0.130. The zero-order chi connectivity index (χ0) is 20.1. The Kier molecular flexibility index (Phi) is 6.14. The monoisotopic (exact) mass is 395 g/mol. The highest BCUT2D eigenvalue weighted by atomic mass is 19.2. The quantitative estimate of drug-likeness (QED) is 0.742. The normalized spacial score (nSPS) is 16.5. The van der Waals surface area contributed by atoms with E-state index in [2.05, 4.69) is 20.8 Å². The van der Waals surface area contributed by atoms with Gasteiger partial charge in [0.15, 0.2) is 17.5 Å². The number of amides is 3. The van der Waals surface area contributed by atoms with E-state index in [4.69, 9.17) is 9.26 Å². The number of halogens is 2. The molecule has 1 aromatic heterocycles. The molecule has 2 N–H and O–H groups in total. The van der Waals surface area contributed by atoms with Gasteiger partial charge in [0.25, 0.3) is 0 Å². The largest absolute Gasteiger partial charge is 0.383 e. The number of hydrogen-bond acceptors (Lipinski definition) is 6. The van der Waals surface area contributed by atoms with Crippen LogP contribution in [0.5, 0.6) is 0 Å². The fraction of sp³-hybridized carbons (Fsp3) is 0.412. The van der Waals surface area contributed by atoms with Crippen LogP contribution >= 0.6 is 0 Å². The third-order valence-corrected chi connectivity index (χ3v) is 4.22. The van der Waals surface area contributed by atoms with E-state index >= 15 is 0 Å². The first-order valence-corrected chi connectivity index (χ1v) is 8.58. The van der Waals surface area contributed by atoms with Gasteiger partial charge in [-0.2, -0.15) is 4.98 Å². The number of aromatic nitrogens is 2. The molecule has 0 spiro atoms. The van der Waals surface area contributed by atoms with Crippen molar-refractivity contribution in [2.24, 2.45) is 0 Å². The predicted molar refractivity (Wildman–Crippen MR) is 92.1 cm³/mol. The van der Waals surface area contributed by atoms with Gasteiger partial charge in [-0.1, -0.05) is 5.16 Å². The molecule has 3 rings (SSSR count). The standard InChI is InChI=1S/C17H19F2N5O4/c1-27-7-6-24-13(4-5-15(24)25)16-22-14(23-28-16)9-20-17(26)21-10-2-3-11(18)12(19)8-10/h2-3,8,13H,4-7,9H2,1H3,(H2,20,21,26)/t13-/m0/s1. The highest BCUT2D eigenvalue weighted by Crippen LogP contribution is 2.31. The molecule has 0 bridgehead atoms. The van der Waals surface area contributed by atoms with Crippen molar-refractivity contribution in [1.82, 2.24) is 20.4 Å². The van der Waals surface area contributed by atoms with Crippen LogP contribution in [0.25, 0.3) is 0 Å². The second kappa shape index (κ2) is 8.74. The van der Waals surface area contributed by atoms with Gasteiger partial charge in [0, 0.05) is 31.8 Å². The van der Waals surface area contributed by atoms with Gasteiger partial charge in [-0.15, -0.1) is 0 Å². The summed E-state index contributed by atoms with van der Waals surface area (Å²) < 4.78 is 36.3. The van der Waals surface area contributed by atoms with Gasteiger partial charge in [0.2, 0.25) is 11.8 Å². The predicted octanol–water partition coefficient (Wildman–Crippen LogP) is 1.98. The first kappa shape index (κ1) is 19.7. The maximum absolute atomic E-state index is 13.2. The van der Waals surface area contributed by atoms with Gasteiger partial charge in [0.05, 0.1) is 13.2 Å². The van der Waals surface area contributed by atoms with Crippen LogP contribution in [-0.2, 0) is 16.1 Å². The van der Waals surface area contributed by atoms with E-state index in [-0.39, 0.29) is 30.0 Å². The molecule has 9 nitrogen and oxygen atoms in total. The summed E-state index contributed by atoms with van der Waals surface area (Å²) in [5, 5.41) is 8.65. The Labute approximate surface area is 159 Å². The number of likely N-dealkylation sites (tertiary alicyclic amines) is 1. The van der Waals surface area contributed by atoms with Crippen LogP contribution in [0.3, 0.4) is 0 Å². The van der Waals surface area contributed by atoms with Gasteiger partial charge in [-0.25, -0.2) is 13.6 Å². The van der Waals surface area contributed by atoms with E-state index in [0.717, 1.165) is 12.1 Å². The third-order valence-electron chi connectivity index (χ3n) is 4.22. The SMILES string of the molecule is COCCN1C(=O)CC[C@H]1c1nc(CNC(=O)Nc2ccc(F)c(F)c2)no1. The van der Waals surface area contributed by atoms with Crippen molar-refractivity contribution in [3.63, 3.8) is 0 Å². The van der Waals surface area contributed by atoms with Crippen molar-refractivity contribution in [1.29, 1.82) is 0 Å². The summed E-state index contributed by atoms with van der Waals surface area (Å²) in [5.74, 6) is -1.56. The minimum Gasteiger partial charge on any atom is -0.383 e. The fourth-order valence-corrected chi connectivity index (χ4v) is 2.84. The van der Waals surface area contributed by atoms with Crippen molar-refractivity contribution in [2.45, 2.75) is 25.4 Å². The molecule has 0 aliphatic carbocycles. The molecule has 150 valence electrons. The lowest BCUT2D eigenvalue weighted by atomic mass is 10.2. The summed E-state index contributed by atoms with van der Waals surface area (Å²) in [6, 6.07) is 2.05. The van der Waals surface area contributed by atoms with Crippen LogP contribution in [0.2, 0.25) is 0 Å². The number of nitrogens with zero attached hydrogens (tertiary/aromatic N) is 3. The van der Waals surface area contributed by atoms with Crippen LogP contribution in [-0.4, -0.2) is 47.2 Å². The summed E-state index contributed by atoms with van der Waals surface area (Å²) in [6.07, 6.45) is 0.954. The Bertz CT molecular complexity index is 860. The van der Waals surface area contributed by atoms with E-state index in [1.165, 1.54) is 6.07 Å². The van der Waals surface area contributed by atoms with E-state index in [1.807, 2.05) is 0 Å². The number of urea groups is 1. The highest BCUT2D eigenvalue weighted by Gasteiger charge is 2.35. The van der Waals surface area contributed by atoms with Gasteiger partial charge in [0.1, 0.15) is 6.04 Å². The van der Waals surface area contributed by atoms with Crippen LogP contribution in [0.15, 0.2) is 22.7 Å². The number of nitrogens with one attached hydrogen (secondary N) is 2. The summed E-state index contributed by atoms with van der Waals surface area (Å²) in [4.78, 5) is 29.7. The molecule has 1 aliphatic heterocycles. The molecular weight excluding hydrogens is 376 g/mol. The van der Waals surface area contributed by atoms with Crippen molar-refractivity contribution in [2.75, 3.05) is 25.6 Å². The van der Waals surface area contributed by atoms with Crippen LogP contribution < -0.4 is 10.6 Å². The van der Waals surface area contributed by atoms with Crippen molar-refractivity contribution in [3.05, 3.63) is 41.5 Å². The Morgan fingerprint density at radius 2 is 2.21 bits per heavy atom. The minimum atomic E-state index is -1.07. The number of benzene rings is 1. The summed E-state index contributed by atoms with van der Waals surface area (Å²) in [6.45, 7) is 0.777. The summed E-state index contributed by atoms with van der Waals surface area (Å²) in [7, 11) is 1.55. The molecule has 3 amide bonds. The number of rotatable bonds is 7. The van der Waals surface area contributed by atoms with Crippen molar-refractivity contribution < 1.29 is 27.6 Å². The molecule has 0 radical (unpaired) electrons.